The van der Waals surface area contributed by atoms with Gasteiger partial charge in [-0.2, -0.15) is 13.2 Å². The molecular weight excluding hydrogens is 393 g/mol. The molecule has 1 unspecified atom stereocenters. The van der Waals surface area contributed by atoms with Crippen molar-refractivity contribution in [3.63, 3.8) is 0 Å². The summed E-state index contributed by atoms with van der Waals surface area (Å²) in [6, 6.07) is 15.0. The molecule has 3 rings (SSSR count). The van der Waals surface area contributed by atoms with Crippen LogP contribution in [0.4, 0.5) is 18.9 Å². The Morgan fingerprint density at radius 1 is 1.10 bits per heavy atom. The van der Waals surface area contributed by atoms with Crippen LogP contribution in [0.1, 0.15) is 49.8 Å². The normalized spacial score (nSPS) is 16.2. The van der Waals surface area contributed by atoms with E-state index >= 15 is 0 Å². The topological polar surface area (TPSA) is 41.6 Å². The number of hydrogen-bond acceptors (Lipinski definition) is 3. The quantitative estimate of drug-likeness (QED) is 0.698. The van der Waals surface area contributed by atoms with Gasteiger partial charge in [0.1, 0.15) is 5.75 Å². The van der Waals surface area contributed by atoms with Crippen LogP contribution < -0.4 is 15.0 Å². The van der Waals surface area contributed by atoms with Crippen LogP contribution in [0.3, 0.4) is 0 Å². The minimum absolute atomic E-state index is 0.415. The van der Waals surface area contributed by atoms with Crippen molar-refractivity contribution in [2.45, 2.75) is 44.8 Å². The first-order chi connectivity index (χ1) is 14.3. The lowest BCUT2D eigenvalue weighted by atomic mass is 9.88. The smallest absolute Gasteiger partial charge is 0.471 e. The Hall–Kier alpha value is -2.70. The molecule has 2 aromatic carbocycles. The van der Waals surface area contributed by atoms with E-state index < -0.39 is 18.1 Å². The highest BCUT2D eigenvalue weighted by Gasteiger charge is 2.39. The fourth-order valence-electron chi connectivity index (χ4n) is 3.81. The molecule has 0 radical (unpaired) electrons. The number of benzene rings is 2. The van der Waals surface area contributed by atoms with Crippen LogP contribution >= 0.6 is 0 Å². The van der Waals surface area contributed by atoms with Gasteiger partial charge in [0.25, 0.3) is 0 Å². The van der Waals surface area contributed by atoms with Gasteiger partial charge in [0, 0.05) is 18.8 Å². The van der Waals surface area contributed by atoms with E-state index in [1.54, 1.807) is 19.1 Å². The third-order valence-electron chi connectivity index (χ3n) is 5.52. The molecule has 30 heavy (non-hydrogen) atoms. The van der Waals surface area contributed by atoms with E-state index in [0.29, 0.717) is 18.1 Å². The number of nitrogens with one attached hydrogen (secondary N) is 1. The highest BCUT2D eigenvalue weighted by molar-refractivity contribution is 5.82. The number of rotatable bonds is 6. The number of hydrogen-bond donors (Lipinski definition) is 1. The van der Waals surface area contributed by atoms with Gasteiger partial charge in [-0.25, -0.2) is 0 Å². The van der Waals surface area contributed by atoms with Crippen molar-refractivity contribution in [1.82, 2.24) is 5.32 Å². The van der Waals surface area contributed by atoms with Crippen LogP contribution in [0.25, 0.3) is 0 Å². The highest BCUT2D eigenvalue weighted by Crippen LogP contribution is 2.32. The summed E-state index contributed by atoms with van der Waals surface area (Å²) in [6.07, 6.45) is -2.86. The lowest BCUT2D eigenvalue weighted by Crippen LogP contribution is -2.38. The zero-order valence-electron chi connectivity index (χ0n) is 17.2. The van der Waals surface area contributed by atoms with Crippen molar-refractivity contribution >= 4 is 11.6 Å². The number of carbonyl (C=O) groups excluding carboxylic acids is 1. The molecule has 1 aliphatic rings. The number of amides is 1. The Bertz CT molecular complexity index is 827. The van der Waals surface area contributed by atoms with Crippen molar-refractivity contribution in [3.8, 4) is 5.75 Å². The van der Waals surface area contributed by atoms with Crippen molar-refractivity contribution in [3.05, 3.63) is 59.7 Å². The second-order valence-corrected chi connectivity index (χ2v) is 7.55. The Morgan fingerprint density at radius 2 is 1.70 bits per heavy atom. The molecule has 1 heterocycles. The number of piperidine rings is 1. The predicted octanol–water partition coefficient (Wildman–Crippen LogP) is 5.21. The second kappa shape index (κ2) is 9.41. The van der Waals surface area contributed by atoms with Gasteiger partial charge in [0.15, 0.2) is 0 Å². The maximum absolute atomic E-state index is 12.4. The molecule has 1 N–H and O–H groups in total. The minimum atomic E-state index is -4.87. The van der Waals surface area contributed by atoms with Gasteiger partial charge < -0.3 is 15.0 Å². The summed E-state index contributed by atoms with van der Waals surface area (Å²) in [7, 11) is 0. The Kier molecular flexibility index (Phi) is 6.90. The van der Waals surface area contributed by atoms with Crippen LogP contribution in [0.2, 0.25) is 0 Å². The Morgan fingerprint density at radius 3 is 2.23 bits per heavy atom. The number of alkyl halides is 3. The molecule has 1 atom stereocenters. The summed E-state index contributed by atoms with van der Waals surface area (Å²) in [5, 5.41) is 1.99. The van der Waals surface area contributed by atoms with E-state index in [1.807, 2.05) is 36.5 Å². The summed E-state index contributed by atoms with van der Waals surface area (Å²) in [5.41, 5.74) is 3.02. The first-order valence-corrected chi connectivity index (χ1v) is 10.2. The maximum Gasteiger partial charge on any atom is 0.471 e. The van der Waals surface area contributed by atoms with Crippen molar-refractivity contribution in [2.24, 2.45) is 0 Å². The van der Waals surface area contributed by atoms with Gasteiger partial charge in [-0.3, -0.25) is 4.79 Å². The van der Waals surface area contributed by atoms with Gasteiger partial charge in [-0.15, -0.1) is 0 Å². The monoisotopic (exact) mass is 420 g/mol. The van der Waals surface area contributed by atoms with E-state index in [2.05, 4.69) is 17.0 Å². The zero-order chi connectivity index (χ0) is 21.7. The summed E-state index contributed by atoms with van der Waals surface area (Å²) in [4.78, 5) is 13.5. The minimum Gasteiger partial charge on any atom is -0.494 e. The summed E-state index contributed by atoms with van der Waals surface area (Å²) < 4.78 is 42.7. The van der Waals surface area contributed by atoms with Gasteiger partial charge in [-0.05, 0) is 68.0 Å². The molecule has 1 amide bonds. The number of ether oxygens (including phenoxy) is 1. The van der Waals surface area contributed by atoms with Gasteiger partial charge >= 0.3 is 12.1 Å². The van der Waals surface area contributed by atoms with E-state index in [1.165, 1.54) is 11.3 Å². The van der Waals surface area contributed by atoms with Gasteiger partial charge in [0.05, 0.1) is 12.6 Å². The standard InChI is InChI=1S/C23H27F3N2O2/c1-3-30-21-10-8-20(9-11-21)28-14-12-19(13-15-28)18-6-4-17(5-7-18)16(2)27-22(29)23(24,25)26/h4-11,16,19H,3,12-15H2,1-2H3,(H,27,29). The molecule has 2 aromatic rings. The lowest BCUT2D eigenvalue weighted by Gasteiger charge is -2.34. The van der Waals surface area contributed by atoms with Crippen LogP contribution in [-0.4, -0.2) is 31.8 Å². The van der Waals surface area contributed by atoms with Gasteiger partial charge in [0.2, 0.25) is 0 Å². The summed E-state index contributed by atoms with van der Waals surface area (Å²) >= 11 is 0. The predicted molar refractivity (Wildman–Crippen MR) is 111 cm³/mol. The fraction of sp³-hybridized carbons (Fsp3) is 0.435. The molecule has 0 saturated carbocycles. The van der Waals surface area contributed by atoms with Crippen LogP contribution in [-0.2, 0) is 4.79 Å². The molecule has 0 aliphatic carbocycles. The number of carbonyl (C=O) groups is 1. The Labute approximate surface area is 175 Å². The first kappa shape index (κ1) is 22.0. The van der Waals surface area contributed by atoms with Crippen LogP contribution in [0.15, 0.2) is 48.5 Å². The number of nitrogens with zero attached hydrogens (tertiary/aromatic N) is 1. The average Bonchev–Trinajstić information content (AvgIpc) is 2.74. The van der Waals surface area contributed by atoms with Crippen molar-refractivity contribution in [1.29, 1.82) is 0 Å². The molecular formula is C23H27F3N2O2. The summed E-state index contributed by atoms with van der Waals surface area (Å²) in [5.74, 6) is -0.629. The lowest BCUT2D eigenvalue weighted by molar-refractivity contribution is -0.174. The molecule has 0 spiro atoms. The third kappa shape index (κ3) is 5.46. The molecule has 7 heteroatoms. The van der Waals surface area contributed by atoms with Gasteiger partial charge in [-0.1, -0.05) is 24.3 Å². The average molecular weight is 420 g/mol. The molecule has 0 aromatic heterocycles. The molecule has 4 nitrogen and oxygen atoms in total. The van der Waals surface area contributed by atoms with Crippen molar-refractivity contribution in [2.75, 3.05) is 24.6 Å². The molecule has 1 fully saturated rings. The van der Waals surface area contributed by atoms with E-state index in [-0.39, 0.29) is 0 Å². The van der Waals surface area contributed by atoms with Crippen molar-refractivity contribution < 1.29 is 22.7 Å². The number of halogens is 3. The fourth-order valence-corrected chi connectivity index (χ4v) is 3.81. The maximum atomic E-state index is 12.4. The zero-order valence-corrected chi connectivity index (χ0v) is 17.2. The molecule has 1 saturated heterocycles. The van der Waals surface area contributed by atoms with E-state index in [0.717, 1.165) is 31.7 Å². The number of anilines is 1. The molecule has 162 valence electrons. The SMILES string of the molecule is CCOc1ccc(N2CCC(c3ccc(C(C)NC(=O)C(F)(F)F)cc3)CC2)cc1. The largest absolute Gasteiger partial charge is 0.494 e. The molecule has 1 aliphatic heterocycles. The second-order valence-electron chi connectivity index (χ2n) is 7.55. The van der Waals surface area contributed by atoms with E-state index in [4.69, 9.17) is 4.74 Å². The van der Waals surface area contributed by atoms with E-state index in [9.17, 15) is 18.0 Å². The summed E-state index contributed by atoms with van der Waals surface area (Å²) in [6.45, 7) is 6.05. The third-order valence-corrected chi connectivity index (χ3v) is 5.52. The Balaban J connectivity index is 1.55. The molecule has 0 bridgehead atoms. The van der Waals surface area contributed by atoms with Crippen LogP contribution in [0.5, 0.6) is 5.75 Å². The highest BCUT2D eigenvalue weighted by atomic mass is 19.4. The van der Waals surface area contributed by atoms with Crippen LogP contribution in [0, 0.1) is 0 Å². The first-order valence-electron chi connectivity index (χ1n) is 10.2.